The van der Waals surface area contributed by atoms with Crippen LogP contribution in [0.15, 0.2) is 18.2 Å². The summed E-state index contributed by atoms with van der Waals surface area (Å²) in [5.74, 6) is 1.99. The van der Waals surface area contributed by atoms with Crippen molar-refractivity contribution >= 4 is 5.69 Å². The predicted octanol–water partition coefficient (Wildman–Crippen LogP) is 3.03. The Bertz CT molecular complexity index is 468. The highest BCUT2D eigenvalue weighted by atomic mass is 15.0. The van der Waals surface area contributed by atoms with Crippen LogP contribution in [0.4, 0.5) is 5.69 Å². The van der Waals surface area contributed by atoms with E-state index in [1.54, 1.807) is 0 Å². The van der Waals surface area contributed by atoms with E-state index in [0.29, 0.717) is 6.04 Å². The van der Waals surface area contributed by atoms with Gasteiger partial charge in [0, 0.05) is 17.8 Å². The van der Waals surface area contributed by atoms with Gasteiger partial charge >= 0.3 is 0 Å². The number of anilines is 1. The number of nitrogen functional groups attached to an aromatic ring is 1. The Morgan fingerprint density at radius 3 is 2.83 bits per heavy atom. The van der Waals surface area contributed by atoms with E-state index in [-0.39, 0.29) is 0 Å². The normalized spacial score (nSPS) is 37.1. The number of nitrogens with one attached hydrogen (secondary N) is 1. The summed E-state index contributed by atoms with van der Waals surface area (Å²) in [5, 5.41) is 3.94. The zero-order valence-corrected chi connectivity index (χ0v) is 10.9. The average molecular weight is 242 g/mol. The maximum absolute atomic E-state index is 5.87. The van der Waals surface area contributed by atoms with E-state index in [1.165, 1.54) is 49.7 Å². The van der Waals surface area contributed by atoms with Gasteiger partial charge in [-0.15, -0.1) is 0 Å². The molecule has 3 N–H and O–H groups in total. The van der Waals surface area contributed by atoms with Crippen molar-refractivity contribution in [3.63, 3.8) is 0 Å². The first-order valence-corrected chi connectivity index (χ1v) is 7.44. The van der Waals surface area contributed by atoms with Crippen molar-refractivity contribution in [2.75, 3.05) is 5.73 Å². The maximum atomic E-state index is 5.87. The standard InChI is InChI=1S/C16H22N2/c17-13-4-5-14-11(9-13)3-6-15(14)18-16-8-10-1-2-12(16)7-10/h4-5,9-10,12,15-16,18H,1-3,6-8,17H2. The molecule has 1 aromatic rings. The molecule has 1 aromatic carbocycles. The summed E-state index contributed by atoms with van der Waals surface area (Å²) in [5.41, 5.74) is 9.75. The molecule has 96 valence electrons. The summed E-state index contributed by atoms with van der Waals surface area (Å²) >= 11 is 0. The van der Waals surface area contributed by atoms with Crippen LogP contribution in [-0.4, -0.2) is 6.04 Å². The van der Waals surface area contributed by atoms with Crippen molar-refractivity contribution in [2.24, 2.45) is 11.8 Å². The molecule has 2 saturated carbocycles. The summed E-state index contributed by atoms with van der Waals surface area (Å²) in [6.07, 6.45) is 8.31. The van der Waals surface area contributed by atoms with E-state index < -0.39 is 0 Å². The lowest BCUT2D eigenvalue weighted by atomic mass is 9.94. The largest absolute Gasteiger partial charge is 0.399 e. The maximum Gasteiger partial charge on any atom is 0.0328 e. The van der Waals surface area contributed by atoms with Gasteiger partial charge in [0.1, 0.15) is 0 Å². The Kier molecular flexibility index (Phi) is 2.41. The van der Waals surface area contributed by atoms with Gasteiger partial charge in [-0.25, -0.2) is 0 Å². The Morgan fingerprint density at radius 1 is 1.11 bits per heavy atom. The third-order valence-electron chi connectivity index (χ3n) is 5.40. The Hall–Kier alpha value is -1.02. The fourth-order valence-corrected chi connectivity index (χ4v) is 4.52. The number of aryl methyl sites for hydroxylation is 1. The van der Waals surface area contributed by atoms with E-state index in [0.717, 1.165) is 23.6 Å². The third kappa shape index (κ3) is 1.66. The molecule has 0 amide bonds. The van der Waals surface area contributed by atoms with Gasteiger partial charge < -0.3 is 11.1 Å². The molecule has 3 aliphatic rings. The van der Waals surface area contributed by atoms with Crippen molar-refractivity contribution in [1.29, 1.82) is 0 Å². The molecular weight excluding hydrogens is 220 g/mol. The lowest BCUT2D eigenvalue weighted by Gasteiger charge is -2.27. The van der Waals surface area contributed by atoms with Gasteiger partial charge in [0.25, 0.3) is 0 Å². The summed E-state index contributed by atoms with van der Waals surface area (Å²) in [6.45, 7) is 0. The van der Waals surface area contributed by atoms with Crippen LogP contribution < -0.4 is 11.1 Å². The van der Waals surface area contributed by atoms with Crippen LogP contribution in [0.3, 0.4) is 0 Å². The monoisotopic (exact) mass is 242 g/mol. The number of benzene rings is 1. The van der Waals surface area contributed by atoms with Crippen molar-refractivity contribution in [3.8, 4) is 0 Å². The zero-order valence-electron chi connectivity index (χ0n) is 10.9. The highest BCUT2D eigenvalue weighted by molar-refractivity contribution is 5.47. The fourth-order valence-electron chi connectivity index (χ4n) is 4.52. The first kappa shape index (κ1) is 10.9. The van der Waals surface area contributed by atoms with Crippen LogP contribution in [0.2, 0.25) is 0 Å². The summed E-state index contributed by atoms with van der Waals surface area (Å²) in [7, 11) is 0. The molecule has 4 unspecified atom stereocenters. The number of hydrogen-bond donors (Lipinski definition) is 2. The number of fused-ring (bicyclic) bond motifs is 3. The molecule has 0 aliphatic heterocycles. The Morgan fingerprint density at radius 2 is 2.06 bits per heavy atom. The quantitative estimate of drug-likeness (QED) is 0.782. The van der Waals surface area contributed by atoms with Crippen LogP contribution in [0, 0.1) is 11.8 Å². The Balaban J connectivity index is 1.51. The molecule has 0 aromatic heterocycles. The van der Waals surface area contributed by atoms with Crippen LogP contribution >= 0.6 is 0 Å². The summed E-state index contributed by atoms with van der Waals surface area (Å²) in [4.78, 5) is 0. The van der Waals surface area contributed by atoms with Crippen molar-refractivity contribution in [1.82, 2.24) is 5.32 Å². The van der Waals surface area contributed by atoms with Gasteiger partial charge in [0.05, 0.1) is 0 Å². The van der Waals surface area contributed by atoms with E-state index in [4.69, 9.17) is 5.73 Å². The first-order chi connectivity index (χ1) is 8.79. The van der Waals surface area contributed by atoms with E-state index in [9.17, 15) is 0 Å². The summed E-state index contributed by atoms with van der Waals surface area (Å²) < 4.78 is 0. The smallest absolute Gasteiger partial charge is 0.0328 e. The molecule has 0 heterocycles. The summed E-state index contributed by atoms with van der Waals surface area (Å²) in [6, 6.07) is 7.84. The third-order valence-corrected chi connectivity index (χ3v) is 5.40. The van der Waals surface area contributed by atoms with Crippen LogP contribution in [-0.2, 0) is 6.42 Å². The van der Waals surface area contributed by atoms with Crippen molar-refractivity contribution < 1.29 is 0 Å². The Labute approximate surface area is 109 Å². The molecule has 2 bridgehead atoms. The predicted molar refractivity (Wildman–Crippen MR) is 74.3 cm³/mol. The molecule has 0 spiro atoms. The molecule has 2 fully saturated rings. The molecular formula is C16H22N2. The van der Waals surface area contributed by atoms with Gasteiger partial charge in [0.2, 0.25) is 0 Å². The molecule has 2 nitrogen and oxygen atoms in total. The molecule has 4 rings (SSSR count). The van der Waals surface area contributed by atoms with Crippen molar-refractivity contribution in [3.05, 3.63) is 29.3 Å². The minimum absolute atomic E-state index is 0.588. The number of rotatable bonds is 2. The molecule has 18 heavy (non-hydrogen) atoms. The lowest BCUT2D eigenvalue weighted by molar-refractivity contribution is 0.318. The second kappa shape index (κ2) is 3.99. The highest BCUT2D eigenvalue weighted by Crippen LogP contribution is 2.46. The fraction of sp³-hybridized carbons (Fsp3) is 0.625. The van der Waals surface area contributed by atoms with Crippen molar-refractivity contribution in [2.45, 2.75) is 50.6 Å². The molecule has 4 atom stereocenters. The second-order valence-electron chi connectivity index (χ2n) is 6.50. The number of hydrogen-bond acceptors (Lipinski definition) is 2. The van der Waals surface area contributed by atoms with Gasteiger partial charge in [-0.1, -0.05) is 12.5 Å². The van der Waals surface area contributed by atoms with E-state index in [2.05, 4.69) is 23.5 Å². The zero-order chi connectivity index (χ0) is 12.1. The number of nitrogens with two attached hydrogens (primary N) is 1. The topological polar surface area (TPSA) is 38.0 Å². The van der Waals surface area contributed by atoms with E-state index in [1.807, 2.05) is 0 Å². The molecule has 0 saturated heterocycles. The van der Waals surface area contributed by atoms with Gasteiger partial charge in [-0.2, -0.15) is 0 Å². The molecule has 2 heteroatoms. The second-order valence-corrected chi connectivity index (χ2v) is 6.50. The van der Waals surface area contributed by atoms with Gasteiger partial charge in [0.15, 0.2) is 0 Å². The minimum Gasteiger partial charge on any atom is -0.399 e. The lowest BCUT2D eigenvalue weighted by Crippen LogP contribution is -2.36. The highest BCUT2D eigenvalue weighted by Gasteiger charge is 2.40. The van der Waals surface area contributed by atoms with Crippen LogP contribution in [0.1, 0.15) is 49.3 Å². The van der Waals surface area contributed by atoms with Crippen LogP contribution in [0.5, 0.6) is 0 Å². The van der Waals surface area contributed by atoms with Gasteiger partial charge in [-0.3, -0.25) is 0 Å². The molecule has 3 aliphatic carbocycles. The minimum atomic E-state index is 0.588. The van der Waals surface area contributed by atoms with E-state index >= 15 is 0 Å². The van der Waals surface area contributed by atoms with Gasteiger partial charge in [-0.05, 0) is 67.2 Å². The average Bonchev–Trinajstić information content (AvgIpc) is 3.04. The van der Waals surface area contributed by atoms with Crippen LogP contribution in [0.25, 0.3) is 0 Å². The SMILES string of the molecule is Nc1ccc2c(c1)CCC2NC1CC2CCC1C2. The first-order valence-electron chi connectivity index (χ1n) is 7.44. The molecule has 0 radical (unpaired) electrons.